The molecule has 1 aromatic heterocycles. The van der Waals surface area contributed by atoms with Gasteiger partial charge in [-0.1, -0.05) is 24.6 Å². The summed E-state index contributed by atoms with van der Waals surface area (Å²) in [5, 5.41) is 3.17. The lowest BCUT2D eigenvalue weighted by atomic mass is 10.1. The molecule has 0 unspecified atom stereocenters. The molecule has 0 radical (unpaired) electrons. The van der Waals surface area contributed by atoms with Crippen molar-refractivity contribution in [3.05, 3.63) is 46.9 Å². The SMILES string of the molecule is CCc1c(C)nc(CSc2ccc(C)cc2)nc1NC. The van der Waals surface area contributed by atoms with E-state index in [0.717, 1.165) is 29.5 Å². The van der Waals surface area contributed by atoms with Gasteiger partial charge in [-0.15, -0.1) is 11.8 Å². The highest BCUT2D eigenvalue weighted by molar-refractivity contribution is 7.98. The summed E-state index contributed by atoms with van der Waals surface area (Å²) in [6.45, 7) is 6.29. The largest absolute Gasteiger partial charge is 0.373 e. The maximum atomic E-state index is 4.61. The van der Waals surface area contributed by atoms with Crippen molar-refractivity contribution in [1.82, 2.24) is 9.97 Å². The van der Waals surface area contributed by atoms with Crippen LogP contribution in [0.2, 0.25) is 0 Å². The minimum atomic E-state index is 0.794. The summed E-state index contributed by atoms with van der Waals surface area (Å²) < 4.78 is 0. The fraction of sp³-hybridized carbons (Fsp3) is 0.375. The van der Waals surface area contributed by atoms with Gasteiger partial charge in [0.2, 0.25) is 0 Å². The van der Waals surface area contributed by atoms with Gasteiger partial charge in [0, 0.05) is 23.2 Å². The van der Waals surface area contributed by atoms with Crippen molar-refractivity contribution in [2.75, 3.05) is 12.4 Å². The third kappa shape index (κ3) is 3.51. The molecular weight excluding hydrogens is 266 g/mol. The van der Waals surface area contributed by atoms with Crippen LogP contribution in [0.5, 0.6) is 0 Å². The number of anilines is 1. The molecule has 0 aliphatic rings. The molecule has 106 valence electrons. The summed E-state index contributed by atoms with van der Waals surface area (Å²) in [5.41, 5.74) is 3.56. The number of aryl methyl sites for hydroxylation is 2. The molecule has 1 N–H and O–H groups in total. The third-order valence-electron chi connectivity index (χ3n) is 3.24. The minimum absolute atomic E-state index is 0.794. The Kier molecular flexibility index (Phi) is 5.01. The van der Waals surface area contributed by atoms with Crippen LogP contribution in [0.15, 0.2) is 29.2 Å². The first-order valence-corrected chi connectivity index (χ1v) is 7.86. The van der Waals surface area contributed by atoms with Crippen LogP contribution in [0.4, 0.5) is 5.82 Å². The van der Waals surface area contributed by atoms with Gasteiger partial charge in [0.15, 0.2) is 0 Å². The Morgan fingerprint density at radius 1 is 1.10 bits per heavy atom. The standard InChI is InChI=1S/C16H21N3S/c1-5-14-12(3)18-15(19-16(14)17-4)10-20-13-8-6-11(2)7-9-13/h6-9H,5,10H2,1-4H3,(H,17,18,19). The molecule has 0 saturated heterocycles. The Morgan fingerprint density at radius 2 is 1.80 bits per heavy atom. The summed E-state index contributed by atoms with van der Waals surface area (Å²) in [5.74, 6) is 2.64. The molecule has 2 rings (SSSR count). The second-order valence-electron chi connectivity index (χ2n) is 4.76. The Hall–Kier alpha value is -1.55. The van der Waals surface area contributed by atoms with Crippen LogP contribution >= 0.6 is 11.8 Å². The number of aromatic nitrogens is 2. The van der Waals surface area contributed by atoms with Crippen molar-refractivity contribution in [1.29, 1.82) is 0 Å². The van der Waals surface area contributed by atoms with E-state index in [1.165, 1.54) is 16.0 Å². The van der Waals surface area contributed by atoms with E-state index in [0.29, 0.717) is 0 Å². The van der Waals surface area contributed by atoms with E-state index in [-0.39, 0.29) is 0 Å². The lowest BCUT2D eigenvalue weighted by Crippen LogP contribution is -2.06. The van der Waals surface area contributed by atoms with E-state index in [2.05, 4.69) is 60.3 Å². The van der Waals surface area contributed by atoms with Gasteiger partial charge in [0.1, 0.15) is 11.6 Å². The number of nitrogens with one attached hydrogen (secondary N) is 1. The first kappa shape index (κ1) is 14.9. The number of rotatable bonds is 5. The molecule has 0 spiro atoms. The molecule has 1 aromatic carbocycles. The van der Waals surface area contributed by atoms with E-state index in [4.69, 9.17) is 0 Å². The van der Waals surface area contributed by atoms with Crippen LogP contribution in [-0.4, -0.2) is 17.0 Å². The highest BCUT2D eigenvalue weighted by atomic mass is 32.2. The lowest BCUT2D eigenvalue weighted by Gasteiger charge is -2.11. The van der Waals surface area contributed by atoms with Crippen molar-refractivity contribution < 1.29 is 0 Å². The molecule has 0 atom stereocenters. The summed E-state index contributed by atoms with van der Waals surface area (Å²) >= 11 is 1.77. The predicted octanol–water partition coefficient (Wildman–Crippen LogP) is 3.99. The normalized spacial score (nSPS) is 10.6. The van der Waals surface area contributed by atoms with E-state index < -0.39 is 0 Å². The first-order chi connectivity index (χ1) is 9.63. The maximum Gasteiger partial charge on any atom is 0.141 e. The van der Waals surface area contributed by atoms with Crippen LogP contribution in [0, 0.1) is 13.8 Å². The van der Waals surface area contributed by atoms with E-state index in [9.17, 15) is 0 Å². The number of thioether (sulfide) groups is 1. The Morgan fingerprint density at radius 3 is 2.40 bits per heavy atom. The number of hydrogen-bond donors (Lipinski definition) is 1. The molecule has 1 heterocycles. The first-order valence-electron chi connectivity index (χ1n) is 6.87. The van der Waals surface area contributed by atoms with Crippen molar-refractivity contribution >= 4 is 17.6 Å². The smallest absolute Gasteiger partial charge is 0.141 e. The van der Waals surface area contributed by atoms with Gasteiger partial charge < -0.3 is 5.32 Å². The Bertz CT molecular complexity index is 579. The predicted molar refractivity (Wildman–Crippen MR) is 86.4 cm³/mol. The van der Waals surface area contributed by atoms with Crippen molar-refractivity contribution in [3.63, 3.8) is 0 Å². The van der Waals surface area contributed by atoms with Gasteiger partial charge in [0.25, 0.3) is 0 Å². The van der Waals surface area contributed by atoms with Crippen LogP contribution in [0.25, 0.3) is 0 Å². The number of nitrogens with zero attached hydrogens (tertiary/aromatic N) is 2. The topological polar surface area (TPSA) is 37.8 Å². The van der Waals surface area contributed by atoms with Crippen LogP contribution in [0.3, 0.4) is 0 Å². The fourth-order valence-corrected chi connectivity index (χ4v) is 2.88. The second-order valence-corrected chi connectivity index (χ2v) is 5.81. The average molecular weight is 287 g/mol. The van der Waals surface area contributed by atoms with Crippen molar-refractivity contribution in [2.24, 2.45) is 0 Å². The van der Waals surface area contributed by atoms with E-state index in [1.54, 1.807) is 11.8 Å². The molecule has 20 heavy (non-hydrogen) atoms. The molecular formula is C16H21N3S. The fourth-order valence-electron chi connectivity index (χ4n) is 2.13. The molecule has 0 bridgehead atoms. The molecule has 0 fully saturated rings. The van der Waals surface area contributed by atoms with E-state index in [1.807, 2.05) is 7.05 Å². The van der Waals surface area contributed by atoms with Crippen molar-refractivity contribution in [3.8, 4) is 0 Å². The number of benzene rings is 1. The van der Waals surface area contributed by atoms with E-state index >= 15 is 0 Å². The zero-order valence-electron chi connectivity index (χ0n) is 12.5. The summed E-state index contributed by atoms with van der Waals surface area (Å²) in [6, 6.07) is 8.56. The molecule has 2 aromatic rings. The van der Waals surface area contributed by atoms with Gasteiger partial charge in [0.05, 0.1) is 5.75 Å². The lowest BCUT2D eigenvalue weighted by molar-refractivity contribution is 0.941. The van der Waals surface area contributed by atoms with Gasteiger partial charge in [-0.05, 0) is 32.4 Å². The Labute approximate surface area is 125 Å². The molecule has 4 heteroatoms. The monoisotopic (exact) mass is 287 g/mol. The zero-order chi connectivity index (χ0) is 14.5. The second kappa shape index (κ2) is 6.75. The number of hydrogen-bond acceptors (Lipinski definition) is 4. The third-order valence-corrected chi connectivity index (χ3v) is 4.25. The van der Waals surface area contributed by atoms with Gasteiger partial charge >= 0.3 is 0 Å². The van der Waals surface area contributed by atoms with Crippen LogP contribution in [-0.2, 0) is 12.2 Å². The van der Waals surface area contributed by atoms with Crippen LogP contribution < -0.4 is 5.32 Å². The average Bonchev–Trinajstić information content (AvgIpc) is 2.46. The van der Waals surface area contributed by atoms with Crippen molar-refractivity contribution in [2.45, 2.75) is 37.8 Å². The van der Waals surface area contributed by atoms with Gasteiger partial charge in [-0.2, -0.15) is 0 Å². The highest BCUT2D eigenvalue weighted by Gasteiger charge is 2.09. The zero-order valence-corrected chi connectivity index (χ0v) is 13.3. The quantitative estimate of drug-likeness (QED) is 0.844. The Balaban J connectivity index is 2.13. The summed E-state index contributed by atoms with van der Waals surface area (Å²) in [4.78, 5) is 10.5. The molecule has 0 saturated carbocycles. The van der Waals surface area contributed by atoms with Gasteiger partial charge in [-0.3, -0.25) is 0 Å². The summed E-state index contributed by atoms with van der Waals surface area (Å²) in [7, 11) is 1.91. The maximum absolute atomic E-state index is 4.61. The summed E-state index contributed by atoms with van der Waals surface area (Å²) in [6.07, 6.45) is 0.952. The highest BCUT2D eigenvalue weighted by Crippen LogP contribution is 2.24. The molecule has 0 aliphatic heterocycles. The van der Waals surface area contributed by atoms with Gasteiger partial charge in [-0.25, -0.2) is 9.97 Å². The molecule has 0 aliphatic carbocycles. The molecule has 3 nitrogen and oxygen atoms in total. The minimum Gasteiger partial charge on any atom is -0.373 e. The van der Waals surface area contributed by atoms with Crippen LogP contribution in [0.1, 0.15) is 29.6 Å². The molecule has 0 amide bonds.